The van der Waals surface area contributed by atoms with E-state index in [1.807, 2.05) is 0 Å². The molecule has 1 rings (SSSR count). The van der Waals surface area contributed by atoms with Crippen LogP contribution in [0.3, 0.4) is 0 Å². The highest BCUT2D eigenvalue weighted by atomic mass is 15.5. The fourth-order valence-electron chi connectivity index (χ4n) is 1.28. The zero-order valence-electron chi connectivity index (χ0n) is 8.00. The van der Waals surface area contributed by atoms with E-state index in [-0.39, 0.29) is 0 Å². The number of unbranched alkanes of at least 4 members (excludes halogenated alkanes) is 5. The molecule has 13 heavy (non-hydrogen) atoms. The van der Waals surface area contributed by atoms with Crippen molar-refractivity contribution in [1.29, 1.82) is 0 Å². The summed E-state index contributed by atoms with van der Waals surface area (Å²) >= 11 is 0. The lowest BCUT2D eigenvalue weighted by atomic mass is 10.1. The highest BCUT2D eigenvalue weighted by Crippen LogP contribution is 2.06. The van der Waals surface area contributed by atoms with Crippen LogP contribution >= 0.6 is 0 Å². The Morgan fingerprint density at radius 2 is 1.85 bits per heavy atom. The second-order valence-electron chi connectivity index (χ2n) is 3.22. The van der Waals surface area contributed by atoms with Crippen molar-refractivity contribution < 1.29 is 0 Å². The Morgan fingerprint density at radius 1 is 1.08 bits per heavy atom. The topological polar surface area (TPSA) is 54.5 Å². The van der Waals surface area contributed by atoms with Gasteiger partial charge in [0.1, 0.15) is 5.82 Å². The largest absolute Gasteiger partial charge is 0.243 e. The van der Waals surface area contributed by atoms with Crippen molar-refractivity contribution in [3.8, 4) is 0 Å². The van der Waals surface area contributed by atoms with Crippen LogP contribution in [0.2, 0.25) is 0 Å². The van der Waals surface area contributed by atoms with E-state index in [2.05, 4.69) is 27.5 Å². The Balaban J connectivity index is 1.90. The van der Waals surface area contributed by atoms with Crippen LogP contribution in [0, 0.1) is 6.92 Å². The van der Waals surface area contributed by atoms with Gasteiger partial charge in [-0.05, 0) is 16.8 Å². The molecule has 4 heteroatoms. The van der Waals surface area contributed by atoms with Crippen molar-refractivity contribution in [2.75, 3.05) is 0 Å². The zero-order chi connectivity index (χ0) is 9.36. The molecule has 1 heterocycles. The lowest BCUT2D eigenvalue weighted by Crippen LogP contribution is -1.89. The number of aromatic amines is 1. The summed E-state index contributed by atoms with van der Waals surface area (Å²) in [6.07, 6.45) is 8.33. The minimum Gasteiger partial charge on any atom is -0.243 e. The van der Waals surface area contributed by atoms with Gasteiger partial charge in [0.05, 0.1) is 0 Å². The van der Waals surface area contributed by atoms with Gasteiger partial charge in [-0.2, -0.15) is 0 Å². The van der Waals surface area contributed by atoms with Crippen LogP contribution < -0.4 is 0 Å². The third-order valence-corrected chi connectivity index (χ3v) is 2.05. The standard InChI is InChI=1S/C9H17N4/c1-2-3-4-5-6-7-8-9-10-12-13-11-9/h1-8H2,(H,10,11,12,13). The van der Waals surface area contributed by atoms with Crippen molar-refractivity contribution >= 4 is 0 Å². The van der Waals surface area contributed by atoms with E-state index in [4.69, 9.17) is 0 Å². The maximum absolute atomic E-state index is 3.82. The fourth-order valence-corrected chi connectivity index (χ4v) is 1.28. The molecule has 0 saturated heterocycles. The van der Waals surface area contributed by atoms with Crippen molar-refractivity contribution in [2.24, 2.45) is 0 Å². The molecule has 0 fully saturated rings. The van der Waals surface area contributed by atoms with Gasteiger partial charge in [0.15, 0.2) is 0 Å². The summed E-state index contributed by atoms with van der Waals surface area (Å²) in [6.45, 7) is 3.81. The normalized spacial score (nSPS) is 10.5. The van der Waals surface area contributed by atoms with E-state index in [9.17, 15) is 0 Å². The maximum atomic E-state index is 3.82. The van der Waals surface area contributed by atoms with Crippen LogP contribution in [0.1, 0.15) is 44.3 Å². The second kappa shape index (κ2) is 6.57. The van der Waals surface area contributed by atoms with E-state index >= 15 is 0 Å². The van der Waals surface area contributed by atoms with Gasteiger partial charge >= 0.3 is 0 Å². The summed E-state index contributed by atoms with van der Waals surface area (Å²) in [7, 11) is 0. The molecule has 1 N–H and O–H groups in total. The average Bonchev–Trinajstić information content (AvgIpc) is 2.63. The molecule has 1 aromatic rings. The summed E-state index contributed by atoms with van der Waals surface area (Å²) in [4.78, 5) is 0. The summed E-state index contributed by atoms with van der Waals surface area (Å²) in [5, 5.41) is 13.6. The number of rotatable bonds is 7. The molecule has 0 aliphatic rings. The fraction of sp³-hybridized carbons (Fsp3) is 0.778. The molecule has 1 radical (unpaired) electrons. The van der Waals surface area contributed by atoms with Gasteiger partial charge in [0, 0.05) is 6.42 Å². The molecule has 4 nitrogen and oxygen atoms in total. The van der Waals surface area contributed by atoms with Crippen LogP contribution in [-0.4, -0.2) is 20.6 Å². The van der Waals surface area contributed by atoms with E-state index in [0.717, 1.165) is 18.7 Å². The van der Waals surface area contributed by atoms with E-state index in [1.54, 1.807) is 0 Å². The van der Waals surface area contributed by atoms with Crippen molar-refractivity contribution in [1.82, 2.24) is 20.6 Å². The molecule has 0 bridgehead atoms. The van der Waals surface area contributed by atoms with Crippen LogP contribution in [-0.2, 0) is 6.42 Å². The van der Waals surface area contributed by atoms with Crippen LogP contribution in [0.25, 0.3) is 0 Å². The number of nitrogens with one attached hydrogen (secondary N) is 1. The smallest absolute Gasteiger partial charge is 0.148 e. The first-order valence-electron chi connectivity index (χ1n) is 4.95. The molecular formula is C9H17N4. The Hall–Kier alpha value is -0.930. The molecule has 0 atom stereocenters. The third kappa shape index (κ3) is 4.60. The quantitative estimate of drug-likeness (QED) is 0.654. The Bertz CT molecular complexity index is 195. The average molecular weight is 181 g/mol. The van der Waals surface area contributed by atoms with Gasteiger partial charge in [-0.1, -0.05) is 39.0 Å². The Labute approximate surface area is 79.1 Å². The number of H-pyrrole nitrogens is 1. The Kier molecular flexibility index (Phi) is 5.13. The molecule has 0 aliphatic carbocycles. The van der Waals surface area contributed by atoms with Gasteiger partial charge < -0.3 is 0 Å². The molecule has 0 aromatic carbocycles. The Morgan fingerprint density at radius 3 is 2.54 bits per heavy atom. The summed E-state index contributed by atoms with van der Waals surface area (Å²) < 4.78 is 0. The van der Waals surface area contributed by atoms with Crippen LogP contribution in [0.4, 0.5) is 0 Å². The predicted octanol–water partition coefficient (Wildman–Crippen LogP) is 1.92. The maximum Gasteiger partial charge on any atom is 0.148 e. The van der Waals surface area contributed by atoms with Crippen LogP contribution in [0.15, 0.2) is 0 Å². The number of hydrogen-bond donors (Lipinski definition) is 1. The van der Waals surface area contributed by atoms with Gasteiger partial charge in [-0.25, -0.2) is 5.10 Å². The molecule has 0 aliphatic heterocycles. The summed E-state index contributed by atoms with van der Waals surface area (Å²) in [5.74, 6) is 0.900. The molecular weight excluding hydrogens is 164 g/mol. The highest BCUT2D eigenvalue weighted by molar-refractivity contribution is 4.74. The lowest BCUT2D eigenvalue weighted by Gasteiger charge is -1.97. The SMILES string of the molecule is [CH2]CCCCCCCc1nnn[nH]1. The van der Waals surface area contributed by atoms with Crippen molar-refractivity contribution in [2.45, 2.75) is 44.9 Å². The molecule has 0 unspecified atom stereocenters. The van der Waals surface area contributed by atoms with E-state index in [0.29, 0.717) is 0 Å². The first-order chi connectivity index (χ1) is 6.43. The van der Waals surface area contributed by atoms with E-state index in [1.165, 1.54) is 32.1 Å². The zero-order valence-corrected chi connectivity index (χ0v) is 8.00. The van der Waals surface area contributed by atoms with Gasteiger partial charge in [0.25, 0.3) is 0 Å². The molecule has 1 aromatic heterocycles. The molecule has 73 valence electrons. The number of aryl methyl sites for hydroxylation is 1. The minimum atomic E-state index is 0.900. The van der Waals surface area contributed by atoms with E-state index < -0.39 is 0 Å². The monoisotopic (exact) mass is 181 g/mol. The second-order valence-corrected chi connectivity index (χ2v) is 3.22. The van der Waals surface area contributed by atoms with Crippen molar-refractivity contribution in [3.05, 3.63) is 12.7 Å². The summed E-state index contributed by atoms with van der Waals surface area (Å²) in [6, 6.07) is 0. The summed E-state index contributed by atoms with van der Waals surface area (Å²) in [5.41, 5.74) is 0. The van der Waals surface area contributed by atoms with Crippen molar-refractivity contribution in [3.63, 3.8) is 0 Å². The molecule has 0 saturated carbocycles. The molecule has 0 amide bonds. The number of hydrogen-bond acceptors (Lipinski definition) is 3. The third-order valence-electron chi connectivity index (χ3n) is 2.05. The molecule has 0 spiro atoms. The van der Waals surface area contributed by atoms with Gasteiger partial charge in [0.2, 0.25) is 0 Å². The number of tetrazole rings is 1. The highest BCUT2D eigenvalue weighted by Gasteiger charge is 1.96. The first-order valence-corrected chi connectivity index (χ1v) is 4.95. The number of nitrogens with zero attached hydrogens (tertiary/aromatic N) is 3. The predicted molar refractivity (Wildman–Crippen MR) is 50.9 cm³/mol. The van der Waals surface area contributed by atoms with Gasteiger partial charge in [-0.3, -0.25) is 0 Å². The number of aromatic nitrogens is 4. The first kappa shape index (κ1) is 10.2. The lowest BCUT2D eigenvalue weighted by molar-refractivity contribution is 0.609. The van der Waals surface area contributed by atoms with Crippen LogP contribution in [0.5, 0.6) is 0 Å². The van der Waals surface area contributed by atoms with Gasteiger partial charge in [-0.15, -0.1) is 5.10 Å². The minimum absolute atomic E-state index is 0.900.